The minimum atomic E-state index is 0.298. The van der Waals surface area contributed by atoms with Gasteiger partial charge < -0.3 is 20.1 Å². The van der Waals surface area contributed by atoms with Crippen molar-refractivity contribution in [3.05, 3.63) is 65.2 Å². The van der Waals surface area contributed by atoms with E-state index in [1.54, 1.807) is 7.05 Å². The van der Waals surface area contributed by atoms with Crippen LogP contribution in [0, 0.1) is 0 Å². The van der Waals surface area contributed by atoms with Crippen molar-refractivity contribution >= 4 is 5.96 Å². The third kappa shape index (κ3) is 7.26. The maximum atomic E-state index is 5.83. The molecule has 1 heterocycles. The maximum Gasteiger partial charge on any atom is 0.191 e. The average molecular weight is 425 g/mol. The number of hydrogen-bond acceptors (Lipinski definition) is 4. The van der Waals surface area contributed by atoms with Gasteiger partial charge >= 0.3 is 0 Å². The van der Waals surface area contributed by atoms with Gasteiger partial charge in [0.1, 0.15) is 5.75 Å². The molecule has 168 valence electrons. The first-order chi connectivity index (χ1) is 15.1. The molecule has 1 fully saturated rings. The van der Waals surface area contributed by atoms with Gasteiger partial charge in [-0.2, -0.15) is 0 Å². The van der Waals surface area contributed by atoms with E-state index in [1.165, 1.54) is 11.1 Å². The number of guanidine groups is 1. The average Bonchev–Trinajstić information content (AvgIpc) is 2.75. The van der Waals surface area contributed by atoms with Crippen LogP contribution in [-0.2, 0) is 24.4 Å². The van der Waals surface area contributed by atoms with Gasteiger partial charge in [0.25, 0.3) is 0 Å². The molecule has 6 nitrogen and oxygen atoms in total. The fourth-order valence-electron chi connectivity index (χ4n) is 3.97. The number of nitrogens with zero attached hydrogens (tertiary/aromatic N) is 2. The lowest BCUT2D eigenvalue weighted by Gasteiger charge is -2.35. The molecule has 0 bridgehead atoms. The summed E-state index contributed by atoms with van der Waals surface area (Å²) >= 11 is 0. The van der Waals surface area contributed by atoms with Crippen molar-refractivity contribution in [3.8, 4) is 5.75 Å². The van der Waals surface area contributed by atoms with Crippen molar-refractivity contribution in [2.24, 2.45) is 4.99 Å². The molecule has 1 aliphatic rings. The third-order valence-electron chi connectivity index (χ3n) is 5.33. The smallest absolute Gasteiger partial charge is 0.191 e. The molecule has 31 heavy (non-hydrogen) atoms. The summed E-state index contributed by atoms with van der Waals surface area (Å²) in [5.41, 5.74) is 3.67. The Hall–Kier alpha value is -2.57. The Morgan fingerprint density at radius 3 is 2.32 bits per heavy atom. The number of para-hydroxylation sites is 1. The monoisotopic (exact) mass is 424 g/mol. The largest absolute Gasteiger partial charge is 0.494 e. The molecule has 0 aliphatic carbocycles. The van der Waals surface area contributed by atoms with Gasteiger partial charge in [0, 0.05) is 45.3 Å². The van der Waals surface area contributed by atoms with Crippen molar-refractivity contribution in [3.63, 3.8) is 0 Å². The summed E-state index contributed by atoms with van der Waals surface area (Å²) in [6.45, 7) is 11.3. The van der Waals surface area contributed by atoms with Crippen molar-refractivity contribution in [1.82, 2.24) is 15.5 Å². The molecule has 0 saturated carbocycles. The Morgan fingerprint density at radius 1 is 1.00 bits per heavy atom. The number of aliphatic imine (C=N–C) groups is 1. The van der Waals surface area contributed by atoms with E-state index >= 15 is 0 Å². The molecule has 0 radical (unpaired) electrons. The van der Waals surface area contributed by atoms with Crippen molar-refractivity contribution in [1.29, 1.82) is 0 Å². The first-order valence-electron chi connectivity index (χ1n) is 11.2. The van der Waals surface area contributed by atoms with Gasteiger partial charge in [-0.1, -0.05) is 42.5 Å². The van der Waals surface area contributed by atoms with Crippen LogP contribution < -0.4 is 15.4 Å². The molecule has 2 aromatic rings. The number of benzene rings is 2. The molecule has 2 atom stereocenters. The number of nitrogens with one attached hydrogen (secondary N) is 2. The summed E-state index contributed by atoms with van der Waals surface area (Å²) < 4.78 is 11.5. The van der Waals surface area contributed by atoms with Gasteiger partial charge in [-0.25, -0.2) is 0 Å². The van der Waals surface area contributed by atoms with E-state index in [0.29, 0.717) is 25.4 Å². The summed E-state index contributed by atoms with van der Waals surface area (Å²) in [6, 6.07) is 16.9. The van der Waals surface area contributed by atoms with Crippen molar-refractivity contribution in [2.45, 2.75) is 52.6 Å². The van der Waals surface area contributed by atoms with E-state index in [0.717, 1.165) is 43.5 Å². The fourth-order valence-corrected chi connectivity index (χ4v) is 3.97. The predicted octanol–water partition coefficient (Wildman–Crippen LogP) is 3.56. The highest BCUT2D eigenvalue weighted by molar-refractivity contribution is 5.79. The molecule has 2 aromatic carbocycles. The third-order valence-corrected chi connectivity index (χ3v) is 5.33. The Labute approximate surface area is 186 Å². The lowest BCUT2D eigenvalue weighted by atomic mass is 10.1. The van der Waals surface area contributed by atoms with Crippen LogP contribution in [0.4, 0.5) is 0 Å². The molecule has 1 saturated heterocycles. The highest BCUT2D eigenvalue weighted by Crippen LogP contribution is 2.17. The lowest BCUT2D eigenvalue weighted by molar-refractivity contribution is -0.0704. The first kappa shape index (κ1) is 23.1. The zero-order chi connectivity index (χ0) is 22.1. The quantitative estimate of drug-likeness (QED) is 0.501. The molecular formula is C25H36N4O2. The Balaban J connectivity index is 1.47. The SMILES string of the molecule is CCOc1ccccc1CNC(=NC)NCc1ccc(CN2CC(C)OC(C)C2)cc1. The Bertz CT molecular complexity index is 828. The Morgan fingerprint density at radius 2 is 1.65 bits per heavy atom. The van der Waals surface area contributed by atoms with Crippen molar-refractivity contribution < 1.29 is 9.47 Å². The van der Waals surface area contributed by atoms with Crippen LogP contribution >= 0.6 is 0 Å². The van der Waals surface area contributed by atoms with E-state index < -0.39 is 0 Å². The summed E-state index contributed by atoms with van der Waals surface area (Å²) in [5.74, 6) is 1.68. The van der Waals surface area contributed by atoms with E-state index in [4.69, 9.17) is 9.47 Å². The Kier molecular flexibility index (Phi) is 8.74. The maximum absolute atomic E-state index is 5.83. The summed E-state index contributed by atoms with van der Waals surface area (Å²) in [6.07, 6.45) is 0.596. The topological polar surface area (TPSA) is 58.1 Å². The van der Waals surface area contributed by atoms with E-state index in [-0.39, 0.29) is 0 Å². The van der Waals surface area contributed by atoms with Crippen molar-refractivity contribution in [2.75, 3.05) is 26.7 Å². The molecule has 0 spiro atoms. The van der Waals surface area contributed by atoms with Gasteiger partial charge in [0.2, 0.25) is 0 Å². The summed E-state index contributed by atoms with van der Waals surface area (Å²) in [7, 11) is 1.79. The van der Waals surface area contributed by atoms with Gasteiger partial charge in [0.15, 0.2) is 5.96 Å². The van der Waals surface area contributed by atoms with Gasteiger partial charge in [-0.3, -0.25) is 9.89 Å². The molecule has 0 amide bonds. The van der Waals surface area contributed by atoms with E-state index in [1.807, 2.05) is 25.1 Å². The fraction of sp³-hybridized carbons (Fsp3) is 0.480. The lowest BCUT2D eigenvalue weighted by Crippen LogP contribution is -2.44. The van der Waals surface area contributed by atoms with Gasteiger partial charge in [0.05, 0.1) is 18.8 Å². The second kappa shape index (κ2) is 11.7. The van der Waals surface area contributed by atoms with Gasteiger partial charge in [-0.05, 0) is 38.0 Å². The number of rotatable bonds is 8. The molecule has 6 heteroatoms. The molecule has 1 aliphatic heterocycles. The van der Waals surface area contributed by atoms with Crippen LogP contribution in [0.15, 0.2) is 53.5 Å². The van der Waals surface area contributed by atoms with Crippen LogP contribution in [-0.4, -0.2) is 49.8 Å². The highest BCUT2D eigenvalue weighted by atomic mass is 16.5. The van der Waals surface area contributed by atoms with E-state index in [2.05, 4.69) is 64.7 Å². The molecular weight excluding hydrogens is 388 g/mol. The molecule has 3 rings (SSSR count). The van der Waals surface area contributed by atoms with Crippen LogP contribution in [0.25, 0.3) is 0 Å². The van der Waals surface area contributed by atoms with Crippen LogP contribution in [0.5, 0.6) is 5.75 Å². The predicted molar refractivity (Wildman–Crippen MR) is 126 cm³/mol. The number of ether oxygens (including phenoxy) is 2. The summed E-state index contributed by atoms with van der Waals surface area (Å²) in [4.78, 5) is 6.81. The first-order valence-corrected chi connectivity index (χ1v) is 11.2. The molecule has 0 aromatic heterocycles. The summed E-state index contributed by atoms with van der Waals surface area (Å²) in [5, 5.41) is 6.76. The normalized spacial score (nSPS) is 19.8. The molecule has 2 N–H and O–H groups in total. The minimum Gasteiger partial charge on any atom is -0.494 e. The van der Waals surface area contributed by atoms with E-state index in [9.17, 15) is 0 Å². The second-order valence-corrected chi connectivity index (χ2v) is 8.09. The standard InChI is InChI=1S/C25H36N4O2/c1-5-30-24-9-7-6-8-23(24)15-28-25(26-4)27-14-21-10-12-22(13-11-21)18-29-16-19(2)31-20(3)17-29/h6-13,19-20H,5,14-18H2,1-4H3,(H2,26,27,28). The number of hydrogen-bond donors (Lipinski definition) is 2. The highest BCUT2D eigenvalue weighted by Gasteiger charge is 2.21. The van der Waals surface area contributed by atoms with Crippen LogP contribution in [0.1, 0.15) is 37.5 Å². The number of morpholine rings is 1. The second-order valence-electron chi connectivity index (χ2n) is 8.09. The zero-order valence-electron chi connectivity index (χ0n) is 19.2. The van der Waals surface area contributed by atoms with Crippen LogP contribution in [0.3, 0.4) is 0 Å². The van der Waals surface area contributed by atoms with Crippen LogP contribution in [0.2, 0.25) is 0 Å². The van der Waals surface area contributed by atoms with Gasteiger partial charge in [-0.15, -0.1) is 0 Å². The molecule has 2 unspecified atom stereocenters. The minimum absolute atomic E-state index is 0.298. The zero-order valence-corrected chi connectivity index (χ0v) is 19.2.